The van der Waals surface area contributed by atoms with E-state index in [9.17, 15) is 8.42 Å². The summed E-state index contributed by atoms with van der Waals surface area (Å²) in [6.45, 7) is 2.47. The van der Waals surface area contributed by atoms with Gasteiger partial charge in [0, 0.05) is 42.5 Å². The minimum atomic E-state index is -3.47. The van der Waals surface area contributed by atoms with Crippen LogP contribution in [0.5, 0.6) is 0 Å². The van der Waals surface area contributed by atoms with Gasteiger partial charge in [-0.15, -0.1) is 11.3 Å². The van der Waals surface area contributed by atoms with Crippen LogP contribution in [-0.2, 0) is 30.0 Å². The summed E-state index contributed by atoms with van der Waals surface area (Å²) >= 11 is 1.41. The highest BCUT2D eigenvalue weighted by Crippen LogP contribution is 2.25. The Morgan fingerprint density at radius 1 is 1.50 bits per heavy atom. The summed E-state index contributed by atoms with van der Waals surface area (Å²) in [6, 6.07) is 3.51. The zero-order valence-electron chi connectivity index (χ0n) is 11.5. The summed E-state index contributed by atoms with van der Waals surface area (Å²) in [5.41, 5.74) is 6.40. The first-order valence-corrected chi connectivity index (χ1v) is 8.50. The first kappa shape index (κ1) is 15.2. The number of aromatic nitrogens is 2. The van der Waals surface area contributed by atoms with Gasteiger partial charge in [-0.1, -0.05) is 0 Å². The smallest absolute Gasteiger partial charge is 0.241 e. The van der Waals surface area contributed by atoms with Crippen LogP contribution in [0.4, 0.5) is 0 Å². The lowest BCUT2D eigenvalue weighted by Crippen LogP contribution is -2.26. The van der Waals surface area contributed by atoms with Crippen LogP contribution in [0.25, 0.3) is 0 Å². The van der Waals surface area contributed by atoms with Crippen molar-refractivity contribution < 1.29 is 8.42 Å². The van der Waals surface area contributed by atoms with E-state index in [1.807, 2.05) is 19.3 Å². The van der Waals surface area contributed by atoms with Crippen LogP contribution in [0.1, 0.15) is 15.4 Å². The van der Waals surface area contributed by atoms with Gasteiger partial charge in [-0.25, -0.2) is 13.1 Å². The van der Waals surface area contributed by atoms with Gasteiger partial charge in [0.15, 0.2) is 0 Å². The first-order chi connectivity index (χ1) is 9.42. The molecule has 0 unspecified atom stereocenters. The summed E-state index contributed by atoms with van der Waals surface area (Å²) < 4.78 is 28.7. The Labute approximate surface area is 122 Å². The molecule has 0 atom stereocenters. The number of aryl methyl sites for hydroxylation is 2. The fraction of sp³-hybridized carbons (Fsp3) is 0.417. The highest BCUT2D eigenvalue weighted by Gasteiger charge is 2.19. The molecule has 3 N–H and O–H groups in total. The lowest BCUT2D eigenvalue weighted by molar-refractivity contribution is 0.581. The van der Waals surface area contributed by atoms with Crippen molar-refractivity contribution in [3.8, 4) is 0 Å². The molecule has 0 bridgehead atoms. The van der Waals surface area contributed by atoms with Crippen molar-refractivity contribution in [3.05, 3.63) is 33.8 Å². The molecule has 2 aromatic heterocycles. The maximum absolute atomic E-state index is 12.2. The van der Waals surface area contributed by atoms with Gasteiger partial charge in [0.25, 0.3) is 0 Å². The highest BCUT2D eigenvalue weighted by molar-refractivity contribution is 7.89. The van der Waals surface area contributed by atoms with Crippen molar-refractivity contribution in [2.24, 2.45) is 12.8 Å². The number of rotatable bonds is 6. The minimum Gasteiger partial charge on any atom is -0.326 e. The van der Waals surface area contributed by atoms with Gasteiger partial charge in [0.2, 0.25) is 10.0 Å². The van der Waals surface area contributed by atoms with Gasteiger partial charge in [-0.2, -0.15) is 5.10 Å². The van der Waals surface area contributed by atoms with Gasteiger partial charge < -0.3 is 5.73 Å². The number of hydrogen-bond donors (Lipinski definition) is 2. The summed E-state index contributed by atoms with van der Waals surface area (Å²) in [6.07, 6.45) is 2.40. The van der Waals surface area contributed by atoms with Gasteiger partial charge >= 0.3 is 0 Å². The van der Waals surface area contributed by atoms with E-state index in [1.165, 1.54) is 11.3 Å². The number of nitrogens with zero attached hydrogens (tertiary/aromatic N) is 2. The average Bonchev–Trinajstić information content (AvgIpc) is 2.95. The summed E-state index contributed by atoms with van der Waals surface area (Å²) in [7, 11) is -1.64. The van der Waals surface area contributed by atoms with E-state index in [0.29, 0.717) is 24.4 Å². The summed E-state index contributed by atoms with van der Waals surface area (Å²) in [5.74, 6) is 0. The predicted octanol–water partition coefficient (Wildman–Crippen LogP) is 0.770. The molecular formula is C12H18N4O2S2. The summed E-state index contributed by atoms with van der Waals surface area (Å²) in [4.78, 5) is 1.95. The Kier molecular flexibility index (Phi) is 4.59. The molecule has 20 heavy (non-hydrogen) atoms. The molecule has 0 aliphatic carbocycles. The van der Waals surface area contributed by atoms with E-state index in [4.69, 9.17) is 5.73 Å². The number of sulfonamides is 1. The van der Waals surface area contributed by atoms with E-state index in [2.05, 4.69) is 9.82 Å². The van der Waals surface area contributed by atoms with Crippen LogP contribution in [0, 0.1) is 6.92 Å². The van der Waals surface area contributed by atoms with Crippen molar-refractivity contribution in [2.75, 3.05) is 6.54 Å². The largest absolute Gasteiger partial charge is 0.326 e. The Morgan fingerprint density at radius 3 is 2.80 bits per heavy atom. The third-order valence-electron chi connectivity index (χ3n) is 2.86. The lowest BCUT2D eigenvalue weighted by atomic mass is 10.3. The second-order valence-corrected chi connectivity index (χ2v) is 7.54. The fourth-order valence-electron chi connectivity index (χ4n) is 1.88. The first-order valence-electron chi connectivity index (χ1n) is 6.20. The molecule has 8 heteroatoms. The van der Waals surface area contributed by atoms with Gasteiger partial charge in [0.1, 0.15) is 0 Å². The zero-order chi connectivity index (χ0) is 14.8. The molecule has 0 aliphatic heterocycles. The van der Waals surface area contributed by atoms with Gasteiger partial charge in [-0.3, -0.25) is 4.68 Å². The number of nitrogens with two attached hydrogens (primary N) is 1. The van der Waals surface area contributed by atoms with Crippen molar-refractivity contribution in [1.82, 2.24) is 14.5 Å². The maximum Gasteiger partial charge on any atom is 0.241 e. The topological polar surface area (TPSA) is 90.0 Å². The molecule has 0 saturated carbocycles. The Balaban J connectivity index is 2.01. The second-order valence-electron chi connectivity index (χ2n) is 4.47. The summed E-state index contributed by atoms with van der Waals surface area (Å²) in [5, 5.41) is 4.21. The monoisotopic (exact) mass is 314 g/mol. The predicted molar refractivity (Wildman–Crippen MR) is 79.0 cm³/mol. The lowest BCUT2D eigenvalue weighted by Gasteiger charge is -2.05. The zero-order valence-corrected chi connectivity index (χ0v) is 13.1. The molecule has 0 aromatic carbocycles. The van der Waals surface area contributed by atoms with Gasteiger partial charge in [0.05, 0.1) is 10.6 Å². The van der Waals surface area contributed by atoms with E-state index in [-0.39, 0.29) is 0 Å². The van der Waals surface area contributed by atoms with E-state index < -0.39 is 10.0 Å². The maximum atomic E-state index is 12.2. The van der Waals surface area contributed by atoms with E-state index >= 15 is 0 Å². The third-order valence-corrected chi connectivity index (χ3v) is 5.65. The molecule has 0 aliphatic rings. The molecule has 2 aromatic rings. The minimum absolute atomic E-state index is 0.323. The van der Waals surface area contributed by atoms with Crippen molar-refractivity contribution in [2.45, 2.75) is 24.8 Å². The number of hydrogen-bond acceptors (Lipinski definition) is 5. The Hall–Kier alpha value is -1.22. The molecule has 0 radical (unpaired) electrons. The van der Waals surface area contributed by atoms with Crippen LogP contribution in [-0.4, -0.2) is 24.7 Å². The molecule has 0 fully saturated rings. The van der Waals surface area contributed by atoms with Crippen LogP contribution in [0.2, 0.25) is 0 Å². The molecule has 6 nitrogen and oxygen atoms in total. The fourth-order valence-corrected chi connectivity index (χ4v) is 4.42. The second kappa shape index (κ2) is 6.04. The van der Waals surface area contributed by atoms with Crippen molar-refractivity contribution >= 4 is 21.4 Å². The van der Waals surface area contributed by atoms with E-state index in [0.717, 1.165) is 15.4 Å². The third kappa shape index (κ3) is 3.45. The Morgan fingerprint density at radius 2 is 2.25 bits per heavy atom. The quantitative estimate of drug-likeness (QED) is 0.824. The normalized spacial score (nSPS) is 11.9. The number of thiophene rings is 1. The van der Waals surface area contributed by atoms with Crippen LogP contribution < -0.4 is 10.5 Å². The molecule has 2 heterocycles. The molecule has 110 valence electrons. The highest BCUT2D eigenvalue weighted by atomic mass is 32.2. The van der Waals surface area contributed by atoms with Crippen molar-refractivity contribution in [3.63, 3.8) is 0 Å². The molecule has 2 rings (SSSR count). The Bertz CT molecular complexity index is 688. The molecule has 0 amide bonds. The molecular weight excluding hydrogens is 296 g/mol. The van der Waals surface area contributed by atoms with Crippen LogP contribution in [0.3, 0.4) is 0 Å². The van der Waals surface area contributed by atoms with Crippen molar-refractivity contribution in [1.29, 1.82) is 0 Å². The molecule has 0 spiro atoms. The SMILES string of the molecule is Cc1sc(CN)cc1S(=O)(=O)NCCc1ccn(C)n1. The average molecular weight is 314 g/mol. The standard InChI is InChI=1S/C12H18N4O2S2/c1-9-12(7-11(8-13)19-9)20(17,18)14-5-3-10-4-6-16(2)15-10/h4,6-7,14H,3,5,8,13H2,1-2H3. The van der Waals surface area contributed by atoms with E-state index in [1.54, 1.807) is 17.7 Å². The molecule has 0 saturated heterocycles. The van der Waals surface area contributed by atoms with Crippen LogP contribution in [0.15, 0.2) is 23.2 Å². The van der Waals surface area contributed by atoms with Gasteiger partial charge in [-0.05, 0) is 19.1 Å². The number of nitrogens with one attached hydrogen (secondary N) is 1. The van der Waals surface area contributed by atoms with Crippen LogP contribution >= 0.6 is 11.3 Å².